The van der Waals surface area contributed by atoms with Crippen molar-refractivity contribution in [2.75, 3.05) is 30.9 Å². The highest BCUT2D eigenvalue weighted by molar-refractivity contribution is 5.88. The summed E-state index contributed by atoms with van der Waals surface area (Å²) in [6.07, 6.45) is 2.09. The Hall–Kier alpha value is -2.31. The van der Waals surface area contributed by atoms with Crippen molar-refractivity contribution in [2.45, 2.75) is 12.8 Å². The second-order valence-electron chi connectivity index (χ2n) is 4.17. The highest BCUT2D eigenvalue weighted by atomic mass is 16.4. The van der Waals surface area contributed by atoms with E-state index in [-0.39, 0.29) is 6.42 Å². The molecule has 0 saturated heterocycles. The summed E-state index contributed by atoms with van der Waals surface area (Å²) in [4.78, 5) is 27.7. The SMILES string of the molecule is CN(C)c1ccc(NC(=O)NCCCC(=O)O)nc1. The van der Waals surface area contributed by atoms with Gasteiger partial charge in [0.05, 0.1) is 11.9 Å². The first-order valence-electron chi connectivity index (χ1n) is 5.89. The minimum Gasteiger partial charge on any atom is -0.481 e. The third kappa shape index (κ3) is 5.71. The van der Waals surface area contributed by atoms with E-state index in [1.54, 1.807) is 12.3 Å². The standard InChI is InChI=1S/C12H18N4O3/c1-16(2)9-5-6-10(14-8-9)15-12(19)13-7-3-4-11(17)18/h5-6,8H,3-4,7H2,1-2H3,(H,17,18)(H2,13,14,15,19). The molecule has 7 heteroatoms. The Bertz CT molecular complexity index is 431. The summed E-state index contributed by atoms with van der Waals surface area (Å²) in [6, 6.07) is 3.15. The number of aromatic nitrogens is 1. The highest BCUT2D eigenvalue weighted by Gasteiger charge is 2.03. The lowest BCUT2D eigenvalue weighted by atomic mass is 10.3. The van der Waals surface area contributed by atoms with Crippen LogP contribution in [0.3, 0.4) is 0 Å². The third-order valence-corrected chi connectivity index (χ3v) is 2.36. The van der Waals surface area contributed by atoms with Crippen LogP contribution in [-0.2, 0) is 4.79 Å². The van der Waals surface area contributed by atoms with Gasteiger partial charge in [-0.15, -0.1) is 0 Å². The number of pyridine rings is 1. The van der Waals surface area contributed by atoms with Crippen LogP contribution in [0.25, 0.3) is 0 Å². The van der Waals surface area contributed by atoms with Gasteiger partial charge >= 0.3 is 12.0 Å². The largest absolute Gasteiger partial charge is 0.481 e. The predicted molar refractivity (Wildman–Crippen MR) is 72.5 cm³/mol. The van der Waals surface area contributed by atoms with E-state index < -0.39 is 12.0 Å². The van der Waals surface area contributed by atoms with Gasteiger partial charge in [0.25, 0.3) is 0 Å². The van der Waals surface area contributed by atoms with Gasteiger partial charge in [0.2, 0.25) is 0 Å². The zero-order chi connectivity index (χ0) is 14.3. The number of hydrogen-bond donors (Lipinski definition) is 3. The lowest BCUT2D eigenvalue weighted by Gasteiger charge is -2.12. The summed E-state index contributed by atoms with van der Waals surface area (Å²) in [6.45, 7) is 0.313. The van der Waals surface area contributed by atoms with Crippen LogP contribution < -0.4 is 15.5 Å². The topological polar surface area (TPSA) is 94.6 Å². The highest BCUT2D eigenvalue weighted by Crippen LogP contribution is 2.11. The zero-order valence-corrected chi connectivity index (χ0v) is 11.0. The van der Waals surface area contributed by atoms with Gasteiger partial charge in [-0.2, -0.15) is 0 Å². The van der Waals surface area contributed by atoms with E-state index in [0.717, 1.165) is 5.69 Å². The van der Waals surface area contributed by atoms with Crippen molar-refractivity contribution in [3.8, 4) is 0 Å². The number of carboxylic acid groups (broad SMARTS) is 1. The molecule has 2 amide bonds. The molecule has 19 heavy (non-hydrogen) atoms. The van der Waals surface area contributed by atoms with Crippen LogP contribution in [0.2, 0.25) is 0 Å². The quantitative estimate of drug-likeness (QED) is 0.671. The summed E-state index contributed by atoms with van der Waals surface area (Å²) >= 11 is 0. The Morgan fingerprint density at radius 2 is 2.11 bits per heavy atom. The number of carbonyl (C=O) groups is 2. The van der Waals surface area contributed by atoms with Crippen molar-refractivity contribution < 1.29 is 14.7 Å². The predicted octanol–water partition coefficient (Wildman–Crippen LogP) is 1.13. The average Bonchev–Trinajstić information content (AvgIpc) is 2.35. The smallest absolute Gasteiger partial charge is 0.320 e. The van der Waals surface area contributed by atoms with Gasteiger partial charge in [0, 0.05) is 27.1 Å². The van der Waals surface area contributed by atoms with E-state index in [9.17, 15) is 9.59 Å². The van der Waals surface area contributed by atoms with E-state index in [4.69, 9.17) is 5.11 Å². The van der Waals surface area contributed by atoms with E-state index in [0.29, 0.717) is 18.8 Å². The Morgan fingerprint density at radius 1 is 1.37 bits per heavy atom. The van der Waals surface area contributed by atoms with Crippen LogP contribution in [-0.4, -0.2) is 42.7 Å². The van der Waals surface area contributed by atoms with Crippen molar-refractivity contribution in [1.29, 1.82) is 0 Å². The zero-order valence-electron chi connectivity index (χ0n) is 11.0. The molecule has 0 fully saturated rings. The monoisotopic (exact) mass is 266 g/mol. The molecule has 0 spiro atoms. The lowest BCUT2D eigenvalue weighted by Crippen LogP contribution is -2.30. The number of hydrogen-bond acceptors (Lipinski definition) is 4. The number of urea groups is 1. The molecule has 0 radical (unpaired) electrons. The summed E-state index contributed by atoms with van der Waals surface area (Å²) in [7, 11) is 3.80. The third-order valence-electron chi connectivity index (χ3n) is 2.36. The van der Waals surface area contributed by atoms with E-state index in [1.165, 1.54) is 0 Å². The number of carboxylic acids is 1. The molecule has 0 unspecified atom stereocenters. The molecule has 0 aliphatic heterocycles. The number of nitrogens with zero attached hydrogens (tertiary/aromatic N) is 2. The van der Waals surface area contributed by atoms with Crippen molar-refractivity contribution in [3.63, 3.8) is 0 Å². The average molecular weight is 266 g/mol. The van der Waals surface area contributed by atoms with Crippen LogP contribution in [0, 0.1) is 0 Å². The fourth-order valence-electron chi connectivity index (χ4n) is 1.33. The Labute approximate surface area is 111 Å². The first-order chi connectivity index (χ1) is 8.99. The molecular weight excluding hydrogens is 248 g/mol. The molecule has 7 nitrogen and oxygen atoms in total. The van der Waals surface area contributed by atoms with Gasteiger partial charge in [-0.05, 0) is 18.6 Å². The number of nitrogens with one attached hydrogen (secondary N) is 2. The van der Waals surface area contributed by atoms with Gasteiger partial charge in [0.15, 0.2) is 0 Å². The van der Waals surface area contributed by atoms with Crippen LogP contribution >= 0.6 is 0 Å². The summed E-state index contributed by atoms with van der Waals surface area (Å²) in [5, 5.41) is 13.6. The fourth-order valence-corrected chi connectivity index (χ4v) is 1.33. The molecule has 1 aromatic rings. The normalized spacial score (nSPS) is 9.79. The maximum atomic E-state index is 11.5. The van der Waals surface area contributed by atoms with E-state index in [1.807, 2.05) is 25.1 Å². The Morgan fingerprint density at radius 3 is 2.63 bits per heavy atom. The molecule has 1 aromatic heterocycles. The van der Waals surface area contributed by atoms with Gasteiger partial charge < -0.3 is 15.3 Å². The Kier molecular flexibility index (Phi) is 5.59. The maximum Gasteiger partial charge on any atom is 0.320 e. The van der Waals surface area contributed by atoms with Crippen molar-refractivity contribution >= 4 is 23.5 Å². The molecule has 104 valence electrons. The minimum atomic E-state index is -0.872. The summed E-state index contributed by atoms with van der Waals surface area (Å²) in [5.41, 5.74) is 0.937. The van der Waals surface area contributed by atoms with Gasteiger partial charge in [-0.1, -0.05) is 0 Å². The van der Waals surface area contributed by atoms with Crippen molar-refractivity contribution in [1.82, 2.24) is 10.3 Å². The second kappa shape index (κ2) is 7.20. The molecule has 0 aromatic carbocycles. The maximum absolute atomic E-state index is 11.5. The number of amides is 2. The van der Waals surface area contributed by atoms with Crippen molar-refractivity contribution in [2.24, 2.45) is 0 Å². The Balaban J connectivity index is 2.33. The lowest BCUT2D eigenvalue weighted by molar-refractivity contribution is -0.137. The summed E-state index contributed by atoms with van der Waals surface area (Å²) < 4.78 is 0. The molecule has 0 bridgehead atoms. The molecule has 3 N–H and O–H groups in total. The summed E-state index contributed by atoms with van der Waals surface area (Å²) in [5.74, 6) is -0.426. The second-order valence-corrected chi connectivity index (χ2v) is 4.17. The first kappa shape index (κ1) is 14.7. The number of carbonyl (C=O) groups excluding carboxylic acids is 1. The number of anilines is 2. The number of rotatable bonds is 6. The van der Waals surface area contributed by atoms with Crippen LogP contribution in [0.4, 0.5) is 16.3 Å². The van der Waals surface area contributed by atoms with Crippen LogP contribution in [0.5, 0.6) is 0 Å². The van der Waals surface area contributed by atoms with E-state index in [2.05, 4.69) is 15.6 Å². The van der Waals surface area contributed by atoms with Gasteiger partial charge in [-0.25, -0.2) is 9.78 Å². The van der Waals surface area contributed by atoms with E-state index >= 15 is 0 Å². The molecule has 1 heterocycles. The molecule has 0 aliphatic carbocycles. The number of aliphatic carboxylic acids is 1. The van der Waals surface area contributed by atoms with Gasteiger partial charge in [-0.3, -0.25) is 10.1 Å². The molecular formula is C12H18N4O3. The fraction of sp³-hybridized carbons (Fsp3) is 0.417. The van der Waals surface area contributed by atoms with Gasteiger partial charge in [0.1, 0.15) is 5.82 Å². The first-order valence-corrected chi connectivity index (χ1v) is 5.89. The minimum absolute atomic E-state index is 0.0378. The molecule has 0 aliphatic rings. The molecule has 0 atom stereocenters. The van der Waals surface area contributed by atoms with Crippen LogP contribution in [0.15, 0.2) is 18.3 Å². The molecule has 1 rings (SSSR count). The van der Waals surface area contributed by atoms with Crippen molar-refractivity contribution in [3.05, 3.63) is 18.3 Å². The van der Waals surface area contributed by atoms with Crippen LogP contribution in [0.1, 0.15) is 12.8 Å². The molecule has 0 saturated carbocycles.